The quantitative estimate of drug-likeness (QED) is 0.447. The highest BCUT2D eigenvalue weighted by Crippen LogP contribution is 2.39. The number of hydrogen-bond donors (Lipinski definition) is 3. The van der Waals surface area contributed by atoms with Gasteiger partial charge in [0, 0.05) is 49.3 Å². The highest BCUT2D eigenvalue weighted by atomic mass is 35.5. The predicted molar refractivity (Wildman–Crippen MR) is 113 cm³/mol. The third kappa shape index (κ3) is 3.52. The molecule has 5 rings (SSSR count). The van der Waals surface area contributed by atoms with Gasteiger partial charge in [-0.2, -0.15) is 5.10 Å². The first kappa shape index (κ1) is 19.9. The Morgan fingerprint density at radius 3 is 3.00 bits per heavy atom. The van der Waals surface area contributed by atoms with Crippen LogP contribution in [0.5, 0.6) is 0 Å². The summed E-state index contributed by atoms with van der Waals surface area (Å²) in [5, 5.41) is 20.0. The summed E-state index contributed by atoms with van der Waals surface area (Å²) in [4.78, 5) is 22.0. The number of nitrogens with one attached hydrogen (secondary N) is 2. The minimum absolute atomic E-state index is 0.0438. The van der Waals surface area contributed by atoms with Gasteiger partial charge in [0.2, 0.25) is 5.91 Å². The van der Waals surface area contributed by atoms with Gasteiger partial charge in [0.1, 0.15) is 5.82 Å². The Hall–Kier alpha value is -3.08. The summed E-state index contributed by atoms with van der Waals surface area (Å²) >= 11 is 6.50. The Labute approximate surface area is 180 Å². The van der Waals surface area contributed by atoms with Gasteiger partial charge in [-0.1, -0.05) is 11.6 Å². The lowest BCUT2D eigenvalue weighted by molar-refractivity contribution is -0.114. The fourth-order valence-electron chi connectivity index (χ4n) is 4.02. The number of aromatic nitrogens is 5. The van der Waals surface area contributed by atoms with E-state index in [-0.39, 0.29) is 10.9 Å². The minimum atomic E-state index is -0.540. The lowest BCUT2D eigenvalue weighted by atomic mass is 10.0. The Morgan fingerprint density at radius 1 is 1.42 bits per heavy atom. The zero-order chi connectivity index (χ0) is 21.7. The Bertz CT molecular complexity index is 1320. The summed E-state index contributed by atoms with van der Waals surface area (Å²) in [5.41, 5.74) is 2.34. The molecule has 1 amide bonds. The van der Waals surface area contributed by atoms with Crippen molar-refractivity contribution in [1.29, 1.82) is 0 Å². The summed E-state index contributed by atoms with van der Waals surface area (Å²) in [6.45, 7) is 2.89. The van der Waals surface area contributed by atoms with Gasteiger partial charge in [0.25, 0.3) is 0 Å². The third-order valence-corrected chi connectivity index (χ3v) is 5.77. The Morgan fingerprint density at radius 2 is 2.26 bits per heavy atom. The number of aliphatic hydroxyl groups is 1. The second-order valence-corrected chi connectivity index (χ2v) is 8.04. The summed E-state index contributed by atoms with van der Waals surface area (Å²) in [6, 6.07) is 0. The maximum atomic E-state index is 15.4. The van der Waals surface area contributed by atoms with Crippen LogP contribution in [0, 0.1) is 5.82 Å². The largest absolute Gasteiger partial charge is 0.392 e. The van der Waals surface area contributed by atoms with E-state index in [0.717, 1.165) is 0 Å². The van der Waals surface area contributed by atoms with Crippen molar-refractivity contribution in [2.45, 2.75) is 26.0 Å². The molecule has 9 nitrogen and oxygen atoms in total. The zero-order valence-electron chi connectivity index (χ0n) is 16.6. The number of H-pyrrole nitrogens is 1. The molecular formula is C20H19ClFN7O2. The third-order valence-electron chi connectivity index (χ3n) is 5.42. The molecule has 4 heterocycles. The van der Waals surface area contributed by atoms with E-state index >= 15 is 4.39 Å². The van der Waals surface area contributed by atoms with Gasteiger partial charge in [0.05, 0.1) is 40.9 Å². The van der Waals surface area contributed by atoms with Crippen molar-refractivity contribution in [3.63, 3.8) is 0 Å². The number of rotatable bonds is 4. The van der Waals surface area contributed by atoms with Gasteiger partial charge in [-0.3, -0.25) is 19.8 Å². The number of nitrogens with zero attached hydrogens (tertiary/aromatic N) is 5. The summed E-state index contributed by atoms with van der Waals surface area (Å²) in [5.74, 6) is -0.385. The van der Waals surface area contributed by atoms with Crippen LogP contribution in [0.3, 0.4) is 0 Å². The number of hydrogen-bond acceptors (Lipinski definition) is 6. The number of benzene rings is 1. The number of anilines is 1. The number of β-amino-alcohol motifs (C(OH)–C–C–N with tert-alkyl or cyclic N) is 1. The second-order valence-electron chi connectivity index (χ2n) is 7.66. The van der Waals surface area contributed by atoms with E-state index in [1.165, 1.54) is 13.1 Å². The lowest BCUT2D eigenvalue weighted by Gasteiger charge is -2.18. The molecule has 0 bridgehead atoms. The lowest BCUT2D eigenvalue weighted by Crippen LogP contribution is -2.22. The van der Waals surface area contributed by atoms with Crippen molar-refractivity contribution in [2.75, 3.05) is 18.4 Å². The molecule has 0 saturated carbocycles. The van der Waals surface area contributed by atoms with Gasteiger partial charge >= 0.3 is 0 Å². The molecule has 1 fully saturated rings. The van der Waals surface area contributed by atoms with E-state index in [0.29, 0.717) is 65.2 Å². The first-order valence-electron chi connectivity index (χ1n) is 9.76. The summed E-state index contributed by atoms with van der Waals surface area (Å²) in [7, 11) is 0. The van der Waals surface area contributed by atoms with Crippen molar-refractivity contribution in [3.05, 3.63) is 41.2 Å². The number of imidazole rings is 1. The average Bonchev–Trinajstić information content (AvgIpc) is 3.44. The van der Waals surface area contributed by atoms with E-state index in [9.17, 15) is 9.90 Å². The Balaban J connectivity index is 1.60. The van der Waals surface area contributed by atoms with Crippen LogP contribution >= 0.6 is 11.6 Å². The van der Waals surface area contributed by atoms with E-state index < -0.39 is 11.9 Å². The van der Waals surface area contributed by atoms with Gasteiger partial charge in [-0.05, 0) is 6.42 Å². The van der Waals surface area contributed by atoms with Crippen LogP contribution in [-0.2, 0) is 11.3 Å². The van der Waals surface area contributed by atoms with E-state index in [4.69, 9.17) is 11.6 Å². The smallest absolute Gasteiger partial charge is 0.222 e. The standard InChI is InChI=1S/C20H19ClFN7O2/c1-10(30)25-15-9-29-8-14(23-5-16(29)26-15)17-12-4-24-27-20(12)13(19(22)18(17)21)7-28-3-2-11(31)6-28/h4-5,8-9,11,31H,2-3,6-7H2,1H3,(H,24,27)(H,25,30). The molecule has 160 valence electrons. The topological polar surface area (TPSA) is 111 Å². The molecule has 1 unspecified atom stereocenters. The molecular weight excluding hydrogens is 425 g/mol. The van der Waals surface area contributed by atoms with Gasteiger partial charge in [0.15, 0.2) is 11.5 Å². The number of aliphatic hydroxyl groups excluding tert-OH is 1. The molecule has 11 heteroatoms. The number of fused-ring (bicyclic) bond motifs is 2. The molecule has 1 saturated heterocycles. The summed E-state index contributed by atoms with van der Waals surface area (Å²) in [6.07, 6.45) is 6.71. The molecule has 0 radical (unpaired) electrons. The van der Waals surface area contributed by atoms with Crippen molar-refractivity contribution in [2.24, 2.45) is 0 Å². The minimum Gasteiger partial charge on any atom is -0.392 e. The molecule has 4 aromatic rings. The van der Waals surface area contributed by atoms with Crippen LogP contribution in [0.25, 0.3) is 27.8 Å². The van der Waals surface area contributed by atoms with Crippen molar-refractivity contribution in [3.8, 4) is 11.3 Å². The van der Waals surface area contributed by atoms with Crippen molar-refractivity contribution >= 4 is 39.9 Å². The molecule has 3 aromatic heterocycles. The van der Waals surface area contributed by atoms with E-state index in [1.807, 2.05) is 4.90 Å². The number of carbonyl (C=O) groups is 1. The van der Waals surface area contributed by atoms with Crippen molar-refractivity contribution in [1.82, 2.24) is 29.5 Å². The molecule has 0 aliphatic carbocycles. The number of aromatic amines is 1. The van der Waals surface area contributed by atoms with Crippen LogP contribution in [0.1, 0.15) is 18.9 Å². The second kappa shape index (κ2) is 7.56. The average molecular weight is 444 g/mol. The zero-order valence-corrected chi connectivity index (χ0v) is 17.3. The molecule has 1 aliphatic heterocycles. The summed E-state index contributed by atoms with van der Waals surface area (Å²) < 4.78 is 17.1. The fraction of sp³-hybridized carbons (Fsp3) is 0.300. The SMILES string of the molecule is CC(=O)Nc1cn2cc(-c3c(Cl)c(F)c(CN4CCC(O)C4)c4[nH]ncc34)ncc2n1. The van der Waals surface area contributed by atoms with Crippen LogP contribution in [0.2, 0.25) is 5.02 Å². The maximum Gasteiger partial charge on any atom is 0.222 e. The van der Waals surface area contributed by atoms with Crippen LogP contribution in [-0.4, -0.2) is 59.7 Å². The fourth-order valence-corrected chi connectivity index (χ4v) is 4.34. The molecule has 1 aromatic carbocycles. The van der Waals surface area contributed by atoms with Crippen LogP contribution in [0.4, 0.5) is 10.2 Å². The number of amides is 1. The number of likely N-dealkylation sites (tertiary alicyclic amines) is 1. The van der Waals surface area contributed by atoms with E-state index in [1.54, 1.807) is 23.0 Å². The molecule has 3 N–H and O–H groups in total. The number of halogens is 2. The molecule has 31 heavy (non-hydrogen) atoms. The molecule has 1 aliphatic rings. The highest BCUT2D eigenvalue weighted by Gasteiger charge is 2.26. The van der Waals surface area contributed by atoms with Gasteiger partial charge in [-0.25, -0.2) is 9.37 Å². The van der Waals surface area contributed by atoms with E-state index in [2.05, 4.69) is 25.5 Å². The first-order chi connectivity index (χ1) is 14.9. The van der Waals surface area contributed by atoms with Gasteiger partial charge < -0.3 is 14.8 Å². The first-order valence-corrected chi connectivity index (χ1v) is 10.1. The van der Waals surface area contributed by atoms with Crippen LogP contribution < -0.4 is 5.32 Å². The van der Waals surface area contributed by atoms with Crippen LogP contribution in [0.15, 0.2) is 24.8 Å². The Kier molecular flexibility index (Phi) is 4.84. The molecule has 1 atom stereocenters. The number of carbonyl (C=O) groups excluding carboxylic acids is 1. The monoisotopic (exact) mass is 443 g/mol. The van der Waals surface area contributed by atoms with Gasteiger partial charge in [-0.15, -0.1) is 0 Å². The predicted octanol–water partition coefficient (Wildman–Crippen LogP) is 2.59. The molecule has 0 spiro atoms. The normalized spacial score (nSPS) is 17.1. The highest BCUT2D eigenvalue weighted by molar-refractivity contribution is 6.35. The van der Waals surface area contributed by atoms with Crippen molar-refractivity contribution < 1.29 is 14.3 Å². The maximum absolute atomic E-state index is 15.4.